The zero-order valence-electron chi connectivity index (χ0n) is 11.9. The Hall–Kier alpha value is -1.04. The second-order valence-electron chi connectivity index (χ2n) is 4.94. The lowest BCUT2D eigenvalue weighted by Gasteiger charge is -2.11. The summed E-state index contributed by atoms with van der Waals surface area (Å²) >= 11 is 13.3. The van der Waals surface area contributed by atoms with E-state index in [9.17, 15) is 4.79 Å². The largest absolute Gasteiger partial charge is 0.349 e. The van der Waals surface area contributed by atoms with E-state index in [4.69, 9.17) is 23.2 Å². The third kappa shape index (κ3) is 4.73. The Kier molecular flexibility index (Phi) is 5.67. The predicted molar refractivity (Wildman–Crippen MR) is 87.0 cm³/mol. The molecule has 2 aromatic heterocycles. The molecule has 1 N–H and O–H groups in total. The van der Waals surface area contributed by atoms with Crippen molar-refractivity contribution in [1.82, 2.24) is 15.1 Å². The molecule has 114 valence electrons. The van der Waals surface area contributed by atoms with Crippen LogP contribution in [0.15, 0.2) is 18.5 Å². The summed E-state index contributed by atoms with van der Waals surface area (Å²) in [6.07, 6.45) is 5.64. The second-order valence-corrected chi connectivity index (χ2v) is 7.23. The summed E-state index contributed by atoms with van der Waals surface area (Å²) in [5.41, 5.74) is 2.01. The molecule has 0 aliphatic rings. The fourth-order valence-corrected chi connectivity index (χ4v) is 3.59. The zero-order chi connectivity index (χ0) is 15.4. The average Bonchev–Trinajstić information content (AvgIpc) is 2.96. The number of halogens is 2. The molecule has 0 bridgehead atoms. The fraction of sp³-hybridized carbons (Fsp3) is 0.429. The minimum absolute atomic E-state index is 0.0313. The third-order valence-electron chi connectivity index (χ3n) is 3.18. The summed E-state index contributed by atoms with van der Waals surface area (Å²) in [7, 11) is 1.85. The lowest BCUT2D eigenvalue weighted by atomic mass is 10.1. The van der Waals surface area contributed by atoms with Crippen molar-refractivity contribution in [3.05, 3.63) is 38.3 Å². The maximum absolute atomic E-state index is 11.9. The number of hydrogen-bond acceptors (Lipinski definition) is 3. The molecule has 4 nitrogen and oxygen atoms in total. The quantitative estimate of drug-likeness (QED) is 0.860. The minimum Gasteiger partial charge on any atom is -0.349 e. The van der Waals surface area contributed by atoms with Gasteiger partial charge in [-0.25, -0.2) is 0 Å². The maximum Gasteiger partial charge on any atom is 0.220 e. The summed E-state index contributed by atoms with van der Waals surface area (Å²) < 4.78 is 3.12. The highest BCUT2D eigenvalue weighted by atomic mass is 35.5. The first-order valence-electron chi connectivity index (χ1n) is 6.67. The topological polar surface area (TPSA) is 46.9 Å². The van der Waals surface area contributed by atoms with Crippen LogP contribution in [0.4, 0.5) is 0 Å². The SMILES string of the molecule is CC(NC(=O)CCCc1cc(Cl)sc1Cl)c1cnn(C)c1. The van der Waals surface area contributed by atoms with Gasteiger partial charge < -0.3 is 5.32 Å². The van der Waals surface area contributed by atoms with Gasteiger partial charge in [0.05, 0.1) is 20.9 Å². The Morgan fingerprint density at radius 1 is 1.52 bits per heavy atom. The summed E-state index contributed by atoms with van der Waals surface area (Å²) in [4.78, 5) is 11.9. The van der Waals surface area contributed by atoms with Gasteiger partial charge in [0.15, 0.2) is 0 Å². The summed E-state index contributed by atoms with van der Waals surface area (Å²) in [6.45, 7) is 1.95. The Morgan fingerprint density at radius 3 is 2.86 bits per heavy atom. The molecule has 7 heteroatoms. The second kappa shape index (κ2) is 7.29. The highest BCUT2D eigenvalue weighted by Gasteiger charge is 2.12. The number of thiophene rings is 1. The average molecular weight is 346 g/mol. The molecule has 0 radical (unpaired) electrons. The van der Waals surface area contributed by atoms with Gasteiger partial charge in [-0.1, -0.05) is 23.2 Å². The fourth-order valence-electron chi connectivity index (χ4n) is 2.04. The molecular weight excluding hydrogens is 329 g/mol. The smallest absolute Gasteiger partial charge is 0.220 e. The molecule has 1 atom stereocenters. The number of aromatic nitrogens is 2. The minimum atomic E-state index is -0.0367. The van der Waals surface area contributed by atoms with Crippen LogP contribution in [-0.4, -0.2) is 15.7 Å². The van der Waals surface area contributed by atoms with Crippen LogP contribution in [0, 0.1) is 0 Å². The Balaban J connectivity index is 1.76. The normalized spacial score (nSPS) is 12.4. The van der Waals surface area contributed by atoms with E-state index >= 15 is 0 Å². The molecule has 0 aliphatic heterocycles. The molecule has 0 fully saturated rings. The first-order chi connectivity index (χ1) is 9.95. The highest BCUT2D eigenvalue weighted by Crippen LogP contribution is 2.32. The molecule has 1 amide bonds. The number of nitrogens with zero attached hydrogens (tertiary/aromatic N) is 2. The molecule has 2 rings (SSSR count). The summed E-state index contributed by atoms with van der Waals surface area (Å²) in [5.74, 6) is 0.0313. The van der Waals surface area contributed by atoms with Crippen molar-refractivity contribution in [3.63, 3.8) is 0 Å². The molecule has 0 aliphatic carbocycles. The zero-order valence-corrected chi connectivity index (χ0v) is 14.2. The van der Waals surface area contributed by atoms with Gasteiger partial charge in [-0.05, 0) is 31.4 Å². The van der Waals surface area contributed by atoms with Crippen LogP contribution in [0.25, 0.3) is 0 Å². The third-order valence-corrected chi connectivity index (χ3v) is 4.75. The lowest BCUT2D eigenvalue weighted by Crippen LogP contribution is -2.26. The van der Waals surface area contributed by atoms with E-state index in [-0.39, 0.29) is 11.9 Å². The van der Waals surface area contributed by atoms with Gasteiger partial charge in [-0.15, -0.1) is 11.3 Å². The molecule has 2 aromatic rings. The standard InChI is InChI=1S/C14H17Cl2N3OS/c1-9(11-7-17-19(2)8-11)18-13(20)5-3-4-10-6-12(15)21-14(10)16/h6-9H,3-5H2,1-2H3,(H,18,20). The molecule has 0 aromatic carbocycles. The van der Waals surface area contributed by atoms with Gasteiger partial charge >= 0.3 is 0 Å². The number of hydrogen-bond donors (Lipinski definition) is 1. The van der Waals surface area contributed by atoms with E-state index in [1.807, 2.05) is 26.2 Å². The van der Waals surface area contributed by atoms with E-state index in [2.05, 4.69) is 10.4 Å². The Bertz CT molecular complexity index is 624. The number of carbonyl (C=O) groups is 1. The van der Waals surface area contributed by atoms with Crippen molar-refractivity contribution in [1.29, 1.82) is 0 Å². The number of aryl methyl sites for hydroxylation is 2. The van der Waals surface area contributed by atoms with Gasteiger partial charge in [0, 0.05) is 25.2 Å². The van der Waals surface area contributed by atoms with E-state index in [1.54, 1.807) is 10.9 Å². The highest BCUT2D eigenvalue weighted by molar-refractivity contribution is 7.20. The molecule has 0 spiro atoms. The predicted octanol–water partition coefficient (Wildman–Crippen LogP) is 3.99. The van der Waals surface area contributed by atoms with Crippen molar-refractivity contribution in [3.8, 4) is 0 Å². The lowest BCUT2D eigenvalue weighted by molar-refractivity contribution is -0.121. The maximum atomic E-state index is 11.9. The molecule has 0 saturated carbocycles. The van der Waals surface area contributed by atoms with Crippen LogP contribution in [0.1, 0.15) is 36.9 Å². The van der Waals surface area contributed by atoms with Gasteiger partial charge in [-0.3, -0.25) is 9.48 Å². The van der Waals surface area contributed by atoms with Crippen LogP contribution >= 0.6 is 34.5 Å². The number of amides is 1. The Labute approximate surface area is 138 Å². The first kappa shape index (κ1) is 16.3. The molecule has 1 unspecified atom stereocenters. The van der Waals surface area contributed by atoms with Crippen molar-refractivity contribution < 1.29 is 4.79 Å². The van der Waals surface area contributed by atoms with E-state index in [0.29, 0.717) is 15.1 Å². The van der Waals surface area contributed by atoms with Gasteiger partial charge in [-0.2, -0.15) is 5.10 Å². The van der Waals surface area contributed by atoms with Crippen LogP contribution in [-0.2, 0) is 18.3 Å². The van der Waals surface area contributed by atoms with E-state index in [1.165, 1.54) is 11.3 Å². The summed E-state index contributed by atoms with van der Waals surface area (Å²) in [5, 5.41) is 7.07. The summed E-state index contributed by atoms with van der Waals surface area (Å²) in [6, 6.07) is 1.83. The Morgan fingerprint density at radius 2 is 2.29 bits per heavy atom. The van der Waals surface area contributed by atoms with Crippen molar-refractivity contribution >= 4 is 40.4 Å². The van der Waals surface area contributed by atoms with Crippen LogP contribution < -0.4 is 5.32 Å². The number of rotatable bonds is 6. The van der Waals surface area contributed by atoms with E-state index in [0.717, 1.165) is 24.0 Å². The number of carbonyl (C=O) groups excluding carboxylic acids is 1. The monoisotopic (exact) mass is 345 g/mol. The molecule has 21 heavy (non-hydrogen) atoms. The van der Waals surface area contributed by atoms with Crippen LogP contribution in [0.2, 0.25) is 8.67 Å². The van der Waals surface area contributed by atoms with Gasteiger partial charge in [0.25, 0.3) is 0 Å². The molecule has 2 heterocycles. The van der Waals surface area contributed by atoms with Crippen molar-refractivity contribution in [2.75, 3.05) is 0 Å². The van der Waals surface area contributed by atoms with Crippen LogP contribution in [0.3, 0.4) is 0 Å². The van der Waals surface area contributed by atoms with Crippen molar-refractivity contribution in [2.45, 2.75) is 32.2 Å². The first-order valence-corrected chi connectivity index (χ1v) is 8.24. The number of nitrogens with one attached hydrogen (secondary N) is 1. The van der Waals surface area contributed by atoms with Gasteiger partial charge in [0.2, 0.25) is 5.91 Å². The van der Waals surface area contributed by atoms with E-state index < -0.39 is 0 Å². The molecule has 0 saturated heterocycles. The van der Waals surface area contributed by atoms with Crippen molar-refractivity contribution in [2.24, 2.45) is 7.05 Å². The van der Waals surface area contributed by atoms with Gasteiger partial charge in [0.1, 0.15) is 0 Å². The molecular formula is C14H17Cl2N3OS. The van der Waals surface area contributed by atoms with Crippen LogP contribution in [0.5, 0.6) is 0 Å².